The largest absolute Gasteiger partial charge is 0.497 e. The van der Waals surface area contributed by atoms with Crippen LogP contribution in [0.3, 0.4) is 0 Å². The van der Waals surface area contributed by atoms with Crippen LogP contribution in [0, 0.1) is 0 Å². The number of amides is 1. The number of carbonyl (C=O) groups is 1. The second-order valence-electron chi connectivity index (χ2n) is 4.51. The zero-order valence-electron chi connectivity index (χ0n) is 12.6. The molecule has 2 rings (SSSR count). The van der Waals surface area contributed by atoms with E-state index in [1.54, 1.807) is 43.5 Å². The zero-order chi connectivity index (χ0) is 17.5. The van der Waals surface area contributed by atoms with Gasteiger partial charge < -0.3 is 9.47 Å². The molecule has 0 bridgehead atoms. The van der Waals surface area contributed by atoms with Gasteiger partial charge in [-0.05, 0) is 46.3 Å². The second kappa shape index (κ2) is 8.92. The summed E-state index contributed by atoms with van der Waals surface area (Å²) in [5.41, 5.74) is 2.87. The molecule has 0 radical (unpaired) electrons. The number of halogens is 3. The third kappa shape index (κ3) is 5.12. The summed E-state index contributed by atoms with van der Waals surface area (Å²) in [6.45, 7) is -0.196. The van der Waals surface area contributed by atoms with E-state index in [2.05, 4.69) is 26.5 Å². The Morgan fingerprint density at radius 3 is 2.62 bits per heavy atom. The molecule has 0 saturated heterocycles. The van der Waals surface area contributed by atoms with Crippen molar-refractivity contribution in [2.45, 2.75) is 0 Å². The predicted molar refractivity (Wildman–Crippen MR) is 98.4 cm³/mol. The van der Waals surface area contributed by atoms with Crippen molar-refractivity contribution in [3.63, 3.8) is 0 Å². The number of nitrogens with one attached hydrogen (secondary N) is 1. The molecule has 0 aromatic heterocycles. The number of carbonyl (C=O) groups excluding carboxylic acids is 1. The van der Waals surface area contributed by atoms with Crippen LogP contribution in [0.25, 0.3) is 0 Å². The van der Waals surface area contributed by atoms with E-state index in [0.29, 0.717) is 31.6 Å². The Kier molecular flexibility index (Phi) is 6.90. The highest BCUT2D eigenvalue weighted by Gasteiger charge is 2.07. The molecule has 0 saturated carbocycles. The van der Waals surface area contributed by atoms with Crippen molar-refractivity contribution in [1.82, 2.24) is 5.43 Å². The standard InChI is InChI=1S/C16H13BrCl2N2O3/c1-23-10-5-6-15(12(17)7-10)24-9-16(22)21-20-8-11-13(18)3-2-4-14(11)19/h2-8H,9H2,1H3,(H,21,22). The average molecular weight is 432 g/mol. The fraction of sp³-hybridized carbons (Fsp3) is 0.125. The molecule has 2 aromatic rings. The number of hydrazone groups is 1. The van der Waals surface area contributed by atoms with E-state index < -0.39 is 5.91 Å². The summed E-state index contributed by atoms with van der Waals surface area (Å²) in [7, 11) is 1.57. The van der Waals surface area contributed by atoms with E-state index in [-0.39, 0.29) is 6.61 Å². The van der Waals surface area contributed by atoms with Crippen LogP contribution in [-0.4, -0.2) is 25.8 Å². The van der Waals surface area contributed by atoms with Crippen molar-refractivity contribution >= 4 is 51.3 Å². The van der Waals surface area contributed by atoms with Crippen LogP contribution in [0.4, 0.5) is 0 Å². The number of ether oxygens (including phenoxy) is 2. The highest BCUT2D eigenvalue weighted by Crippen LogP contribution is 2.29. The fourth-order valence-corrected chi connectivity index (χ4v) is 2.67. The third-order valence-corrected chi connectivity index (χ3v) is 4.16. The molecular formula is C16H13BrCl2N2O3. The highest BCUT2D eigenvalue weighted by atomic mass is 79.9. The summed E-state index contributed by atoms with van der Waals surface area (Å²) in [5, 5.41) is 4.71. The van der Waals surface area contributed by atoms with Gasteiger partial charge in [0.1, 0.15) is 11.5 Å². The lowest BCUT2D eigenvalue weighted by atomic mass is 10.2. The van der Waals surface area contributed by atoms with E-state index in [0.717, 1.165) is 0 Å². The maximum atomic E-state index is 11.8. The SMILES string of the molecule is COc1ccc(OCC(=O)NN=Cc2c(Cl)cccc2Cl)c(Br)c1. The van der Waals surface area contributed by atoms with E-state index >= 15 is 0 Å². The van der Waals surface area contributed by atoms with Crippen molar-refractivity contribution in [3.8, 4) is 11.5 Å². The second-order valence-corrected chi connectivity index (χ2v) is 6.18. The van der Waals surface area contributed by atoms with Gasteiger partial charge in [-0.2, -0.15) is 5.10 Å². The average Bonchev–Trinajstić information content (AvgIpc) is 2.56. The molecule has 126 valence electrons. The smallest absolute Gasteiger partial charge is 0.277 e. The van der Waals surface area contributed by atoms with Gasteiger partial charge in [0.15, 0.2) is 6.61 Å². The number of hydrogen-bond donors (Lipinski definition) is 1. The lowest BCUT2D eigenvalue weighted by Crippen LogP contribution is -2.24. The molecule has 5 nitrogen and oxygen atoms in total. The molecule has 24 heavy (non-hydrogen) atoms. The Morgan fingerprint density at radius 2 is 2.00 bits per heavy atom. The first-order valence-electron chi connectivity index (χ1n) is 6.73. The van der Waals surface area contributed by atoms with Gasteiger partial charge in [0.25, 0.3) is 5.91 Å². The first kappa shape index (κ1) is 18.6. The van der Waals surface area contributed by atoms with Crippen molar-refractivity contribution in [2.75, 3.05) is 13.7 Å². The van der Waals surface area contributed by atoms with Crippen LogP contribution in [0.2, 0.25) is 10.0 Å². The molecule has 0 aliphatic carbocycles. The number of hydrogen-bond acceptors (Lipinski definition) is 4. The minimum Gasteiger partial charge on any atom is -0.497 e. The lowest BCUT2D eigenvalue weighted by molar-refractivity contribution is -0.123. The Bertz CT molecular complexity index is 749. The first-order chi connectivity index (χ1) is 11.5. The summed E-state index contributed by atoms with van der Waals surface area (Å²) in [4.78, 5) is 11.8. The quantitative estimate of drug-likeness (QED) is 0.548. The summed E-state index contributed by atoms with van der Waals surface area (Å²) in [5.74, 6) is 0.779. The van der Waals surface area contributed by atoms with Crippen LogP contribution in [0.1, 0.15) is 5.56 Å². The summed E-state index contributed by atoms with van der Waals surface area (Å²) in [6.07, 6.45) is 1.38. The molecule has 1 N–H and O–H groups in total. The summed E-state index contributed by atoms with van der Waals surface area (Å²) >= 11 is 15.3. The van der Waals surface area contributed by atoms with E-state index in [1.165, 1.54) is 6.21 Å². The topological polar surface area (TPSA) is 59.9 Å². The molecule has 0 atom stereocenters. The van der Waals surface area contributed by atoms with Crippen molar-refractivity contribution < 1.29 is 14.3 Å². The maximum Gasteiger partial charge on any atom is 0.277 e. The van der Waals surface area contributed by atoms with Crippen molar-refractivity contribution in [1.29, 1.82) is 0 Å². The van der Waals surface area contributed by atoms with Gasteiger partial charge in [-0.1, -0.05) is 29.3 Å². The molecule has 0 heterocycles. The van der Waals surface area contributed by atoms with Crippen LogP contribution in [0.15, 0.2) is 46.0 Å². The normalized spacial score (nSPS) is 10.7. The van der Waals surface area contributed by atoms with Gasteiger partial charge in [0.05, 0.1) is 27.8 Å². The minimum atomic E-state index is -0.419. The van der Waals surface area contributed by atoms with Crippen molar-refractivity contribution in [2.24, 2.45) is 5.10 Å². The number of methoxy groups -OCH3 is 1. The van der Waals surface area contributed by atoms with E-state index in [9.17, 15) is 4.79 Å². The van der Waals surface area contributed by atoms with E-state index in [1.807, 2.05) is 0 Å². The highest BCUT2D eigenvalue weighted by molar-refractivity contribution is 9.10. The van der Waals surface area contributed by atoms with Crippen LogP contribution >= 0.6 is 39.1 Å². The van der Waals surface area contributed by atoms with Crippen LogP contribution < -0.4 is 14.9 Å². The Balaban J connectivity index is 1.89. The molecule has 8 heteroatoms. The number of rotatable bonds is 6. The summed E-state index contributed by atoms with van der Waals surface area (Å²) < 4.78 is 11.2. The molecule has 2 aromatic carbocycles. The Morgan fingerprint density at radius 1 is 1.29 bits per heavy atom. The van der Waals surface area contributed by atoms with Gasteiger partial charge >= 0.3 is 0 Å². The Labute approximate surface area is 157 Å². The third-order valence-electron chi connectivity index (χ3n) is 2.88. The van der Waals surface area contributed by atoms with Gasteiger partial charge in [0, 0.05) is 5.56 Å². The molecule has 1 amide bonds. The number of benzene rings is 2. The molecule has 0 unspecified atom stereocenters. The zero-order valence-corrected chi connectivity index (χ0v) is 15.7. The van der Waals surface area contributed by atoms with Crippen LogP contribution in [-0.2, 0) is 4.79 Å². The monoisotopic (exact) mass is 430 g/mol. The van der Waals surface area contributed by atoms with Gasteiger partial charge in [-0.3, -0.25) is 4.79 Å². The van der Waals surface area contributed by atoms with Gasteiger partial charge in [-0.25, -0.2) is 5.43 Å². The summed E-state index contributed by atoms with van der Waals surface area (Å²) in [6, 6.07) is 10.3. The fourth-order valence-electron chi connectivity index (χ4n) is 1.70. The molecule has 0 aliphatic rings. The molecular weight excluding hydrogens is 419 g/mol. The maximum absolute atomic E-state index is 11.8. The Hall–Kier alpha value is -1.76. The first-order valence-corrected chi connectivity index (χ1v) is 8.28. The molecule has 0 aliphatic heterocycles. The molecule has 0 spiro atoms. The molecule has 0 fully saturated rings. The predicted octanol–water partition coefficient (Wildman–Crippen LogP) is 4.29. The van der Waals surface area contributed by atoms with E-state index in [4.69, 9.17) is 32.7 Å². The minimum absolute atomic E-state index is 0.196. The lowest BCUT2D eigenvalue weighted by Gasteiger charge is -2.08. The van der Waals surface area contributed by atoms with Crippen LogP contribution in [0.5, 0.6) is 11.5 Å². The number of nitrogens with zero attached hydrogens (tertiary/aromatic N) is 1. The van der Waals surface area contributed by atoms with Gasteiger partial charge in [-0.15, -0.1) is 0 Å². The van der Waals surface area contributed by atoms with Crippen molar-refractivity contribution in [3.05, 3.63) is 56.5 Å². The van der Waals surface area contributed by atoms with Gasteiger partial charge in [0.2, 0.25) is 0 Å².